The Morgan fingerprint density at radius 1 is 1.09 bits per heavy atom. The molecular weight excluding hydrogens is 279 g/mol. The number of halogens is 1. The van der Waals surface area contributed by atoms with Crippen LogP contribution in [0.1, 0.15) is 25.3 Å². The highest BCUT2D eigenvalue weighted by Gasteiger charge is 2.05. The zero-order valence-electron chi connectivity index (χ0n) is 12.7. The van der Waals surface area contributed by atoms with Crippen LogP contribution < -0.4 is 10.6 Å². The van der Waals surface area contributed by atoms with Crippen molar-refractivity contribution >= 4 is 17.3 Å². The number of nitrogens with one attached hydrogen (secondary N) is 2. The van der Waals surface area contributed by atoms with Gasteiger partial charge in [0.25, 0.3) is 0 Å². The van der Waals surface area contributed by atoms with E-state index < -0.39 is 0 Å². The third kappa shape index (κ3) is 5.20. The van der Waals surface area contributed by atoms with E-state index in [1.807, 2.05) is 24.3 Å². The van der Waals surface area contributed by atoms with Crippen LogP contribution in [0.2, 0.25) is 0 Å². The van der Waals surface area contributed by atoms with Crippen molar-refractivity contribution in [2.45, 2.75) is 26.2 Å². The van der Waals surface area contributed by atoms with Gasteiger partial charge >= 0.3 is 0 Å². The second-order valence-corrected chi connectivity index (χ2v) is 5.21. The number of rotatable bonds is 7. The highest BCUT2D eigenvalue weighted by atomic mass is 19.1. The molecule has 0 saturated heterocycles. The first kappa shape index (κ1) is 16.0. The lowest BCUT2D eigenvalue weighted by atomic mass is 10.1. The van der Waals surface area contributed by atoms with Gasteiger partial charge in [-0.1, -0.05) is 25.5 Å². The summed E-state index contributed by atoms with van der Waals surface area (Å²) in [4.78, 5) is 11.9. The molecule has 0 aliphatic heterocycles. The van der Waals surface area contributed by atoms with Crippen LogP contribution in [0, 0.1) is 5.82 Å². The van der Waals surface area contributed by atoms with E-state index in [2.05, 4.69) is 17.6 Å². The average Bonchev–Trinajstić information content (AvgIpc) is 2.49. The molecule has 0 unspecified atom stereocenters. The van der Waals surface area contributed by atoms with Crippen LogP contribution in [0.15, 0.2) is 48.5 Å². The fraction of sp³-hybridized carbons (Fsp3) is 0.278. The molecule has 2 N–H and O–H groups in total. The van der Waals surface area contributed by atoms with E-state index in [1.165, 1.54) is 12.1 Å². The van der Waals surface area contributed by atoms with Crippen LogP contribution in [0.4, 0.5) is 15.8 Å². The van der Waals surface area contributed by atoms with Gasteiger partial charge in [-0.25, -0.2) is 4.39 Å². The van der Waals surface area contributed by atoms with E-state index in [0.717, 1.165) is 30.8 Å². The molecule has 0 spiro atoms. The highest BCUT2D eigenvalue weighted by molar-refractivity contribution is 5.92. The number of carbonyl (C=O) groups excluding carboxylic acids is 1. The smallest absolute Gasteiger partial charge is 0.228 e. The van der Waals surface area contributed by atoms with Crippen LogP contribution >= 0.6 is 0 Å². The molecule has 2 aromatic carbocycles. The van der Waals surface area contributed by atoms with E-state index in [-0.39, 0.29) is 18.1 Å². The summed E-state index contributed by atoms with van der Waals surface area (Å²) in [7, 11) is 0. The van der Waals surface area contributed by atoms with Crippen molar-refractivity contribution in [3.8, 4) is 0 Å². The summed E-state index contributed by atoms with van der Waals surface area (Å²) in [5, 5.41) is 6.13. The predicted octanol–water partition coefficient (Wildman–Crippen LogP) is 4.22. The molecule has 0 heterocycles. The molecule has 0 aliphatic rings. The highest BCUT2D eigenvalue weighted by Crippen LogP contribution is 2.14. The van der Waals surface area contributed by atoms with E-state index in [1.54, 1.807) is 12.1 Å². The van der Waals surface area contributed by atoms with Crippen molar-refractivity contribution in [1.82, 2.24) is 0 Å². The molecule has 1 amide bonds. The number of amides is 1. The molecule has 22 heavy (non-hydrogen) atoms. The molecule has 0 fully saturated rings. The first-order valence-corrected chi connectivity index (χ1v) is 7.55. The molecule has 0 radical (unpaired) electrons. The summed E-state index contributed by atoms with van der Waals surface area (Å²) < 4.78 is 13.1. The van der Waals surface area contributed by atoms with Crippen molar-refractivity contribution < 1.29 is 9.18 Å². The minimum absolute atomic E-state index is 0.155. The van der Waals surface area contributed by atoms with Crippen molar-refractivity contribution in [3.05, 3.63) is 59.9 Å². The van der Waals surface area contributed by atoms with Crippen molar-refractivity contribution in [1.29, 1.82) is 0 Å². The fourth-order valence-electron chi connectivity index (χ4n) is 2.12. The number of unbranched alkanes of at least 4 members (excludes halogenated alkanes) is 1. The van der Waals surface area contributed by atoms with Gasteiger partial charge in [0.1, 0.15) is 5.82 Å². The minimum atomic E-state index is -0.326. The maximum atomic E-state index is 13.1. The Kier molecular flexibility index (Phi) is 5.95. The lowest BCUT2D eigenvalue weighted by Gasteiger charge is -2.08. The molecule has 0 bridgehead atoms. The number of benzene rings is 2. The quantitative estimate of drug-likeness (QED) is 0.752. The monoisotopic (exact) mass is 300 g/mol. The van der Waals surface area contributed by atoms with Crippen LogP contribution in [0.3, 0.4) is 0 Å². The Hall–Kier alpha value is -2.36. The topological polar surface area (TPSA) is 41.1 Å². The third-order valence-electron chi connectivity index (χ3n) is 3.28. The van der Waals surface area contributed by atoms with E-state index in [0.29, 0.717) is 5.56 Å². The maximum absolute atomic E-state index is 13.1. The first-order valence-electron chi connectivity index (χ1n) is 7.55. The lowest BCUT2D eigenvalue weighted by molar-refractivity contribution is -0.115. The van der Waals surface area contributed by atoms with E-state index in [4.69, 9.17) is 0 Å². The van der Waals surface area contributed by atoms with Gasteiger partial charge in [0.15, 0.2) is 0 Å². The van der Waals surface area contributed by atoms with Crippen LogP contribution in [-0.4, -0.2) is 12.5 Å². The Balaban J connectivity index is 1.86. The van der Waals surface area contributed by atoms with Gasteiger partial charge in [-0.05, 0) is 48.4 Å². The molecule has 3 nitrogen and oxygen atoms in total. The van der Waals surface area contributed by atoms with Gasteiger partial charge in [0.2, 0.25) is 5.91 Å². The normalized spacial score (nSPS) is 10.3. The predicted molar refractivity (Wildman–Crippen MR) is 88.6 cm³/mol. The minimum Gasteiger partial charge on any atom is -0.385 e. The number of anilines is 2. The molecule has 0 aromatic heterocycles. The SMILES string of the molecule is CCCCNc1ccc(NC(=O)Cc2cccc(F)c2)cc1. The summed E-state index contributed by atoms with van der Waals surface area (Å²) in [6.07, 6.45) is 2.45. The molecule has 4 heteroatoms. The second kappa shape index (κ2) is 8.17. The molecule has 2 rings (SSSR count). The summed E-state index contributed by atoms with van der Waals surface area (Å²) in [6, 6.07) is 13.7. The number of hydrogen-bond donors (Lipinski definition) is 2. The molecule has 0 aliphatic carbocycles. The molecule has 0 saturated carbocycles. The molecule has 2 aromatic rings. The summed E-state index contributed by atoms with van der Waals surface area (Å²) in [6.45, 7) is 3.10. The number of hydrogen-bond acceptors (Lipinski definition) is 2. The molecular formula is C18H21FN2O. The zero-order valence-corrected chi connectivity index (χ0v) is 12.7. The lowest BCUT2D eigenvalue weighted by Crippen LogP contribution is -2.14. The van der Waals surface area contributed by atoms with Gasteiger partial charge in [0.05, 0.1) is 6.42 Å². The van der Waals surface area contributed by atoms with Gasteiger partial charge < -0.3 is 10.6 Å². The van der Waals surface area contributed by atoms with Gasteiger partial charge in [-0.3, -0.25) is 4.79 Å². The Labute approximate surface area is 130 Å². The largest absolute Gasteiger partial charge is 0.385 e. The standard InChI is InChI=1S/C18H21FN2O/c1-2-3-11-20-16-7-9-17(10-8-16)21-18(22)13-14-5-4-6-15(19)12-14/h4-10,12,20H,2-3,11,13H2,1H3,(H,21,22). The van der Waals surface area contributed by atoms with Crippen LogP contribution in [-0.2, 0) is 11.2 Å². The zero-order chi connectivity index (χ0) is 15.8. The molecule has 116 valence electrons. The Morgan fingerprint density at radius 2 is 1.82 bits per heavy atom. The van der Waals surface area contributed by atoms with Crippen molar-refractivity contribution in [2.75, 3.05) is 17.2 Å². The third-order valence-corrected chi connectivity index (χ3v) is 3.28. The number of carbonyl (C=O) groups is 1. The van der Waals surface area contributed by atoms with Crippen LogP contribution in [0.5, 0.6) is 0 Å². The summed E-state index contributed by atoms with van der Waals surface area (Å²) in [5.74, 6) is -0.481. The second-order valence-electron chi connectivity index (χ2n) is 5.21. The fourth-order valence-corrected chi connectivity index (χ4v) is 2.12. The Morgan fingerprint density at radius 3 is 2.50 bits per heavy atom. The van der Waals surface area contributed by atoms with Gasteiger partial charge in [0, 0.05) is 17.9 Å². The van der Waals surface area contributed by atoms with Crippen LogP contribution in [0.25, 0.3) is 0 Å². The summed E-state index contributed by atoms with van der Waals surface area (Å²) >= 11 is 0. The van der Waals surface area contributed by atoms with Gasteiger partial charge in [-0.15, -0.1) is 0 Å². The Bertz CT molecular complexity index is 611. The average molecular weight is 300 g/mol. The van der Waals surface area contributed by atoms with Gasteiger partial charge in [-0.2, -0.15) is 0 Å². The van der Waals surface area contributed by atoms with E-state index >= 15 is 0 Å². The molecule has 0 atom stereocenters. The summed E-state index contributed by atoms with van der Waals surface area (Å²) in [5.41, 5.74) is 2.44. The maximum Gasteiger partial charge on any atom is 0.228 e. The first-order chi connectivity index (χ1) is 10.7. The van der Waals surface area contributed by atoms with Crippen molar-refractivity contribution in [3.63, 3.8) is 0 Å². The van der Waals surface area contributed by atoms with E-state index in [9.17, 15) is 9.18 Å². The van der Waals surface area contributed by atoms with Crippen molar-refractivity contribution in [2.24, 2.45) is 0 Å².